The summed E-state index contributed by atoms with van der Waals surface area (Å²) in [5.41, 5.74) is 0.681. The van der Waals surface area contributed by atoms with E-state index in [4.69, 9.17) is 19.8 Å². The summed E-state index contributed by atoms with van der Waals surface area (Å²) in [4.78, 5) is 46.2. The van der Waals surface area contributed by atoms with E-state index in [1.54, 1.807) is 17.0 Å². The molecular weight excluding hydrogens is 426 g/mol. The molecule has 3 N–H and O–H groups in total. The zero-order valence-corrected chi connectivity index (χ0v) is 19.1. The van der Waals surface area contributed by atoms with Gasteiger partial charge in [0.1, 0.15) is 0 Å². The summed E-state index contributed by atoms with van der Waals surface area (Å²) in [5, 5.41) is 17.7. The molecule has 1 aromatic rings. The van der Waals surface area contributed by atoms with Crippen molar-refractivity contribution in [1.29, 1.82) is 0 Å². The Morgan fingerprint density at radius 3 is 2.21 bits per heavy atom. The van der Waals surface area contributed by atoms with Crippen LogP contribution in [0.25, 0.3) is 0 Å². The quantitative estimate of drug-likeness (QED) is 0.291. The van der Waals surface area contributed by atoms with Crippen molar-refractivity contribution < 1.29 is 29.4 Å². The van der Waals surface area contributed by atoms with E-state index in [-0.39, 0.29) is 11.8 Å². The first-order valence-electron chi connectivity index (χ1n) is 11.0. The normalized spacial score (nSPS) is 12.5. The Morgan fingerprint density at radius 2 is 1.61 bits per heavy atom. The van der Waals surface area contributed by atoms with Gasteiger partial charge in [-0.25, -0.2) is 9.59 Å². The lowest BCUT2D eigenvalue weighted by Crippen LogP contribution is -2.27. The molecule has 0 bridgehead atoms. The van der Waals surface area contributed by atoms with E-state index < -0.39 is 11.9 Å². The molecule has 2 amide bonds. The van der Waals surface area contributed by atoms with Crippen LogP contribution in [0.3, 0.4) is 0 Å². The number of carbonyl (C=O) groups is 4. The van der Waals surface area contributed by atoms with Crippen LogP contribution < -0.4 is 5.32 Å². The molecule has 1 fully saturated rings. The van der Waals surface area contributed by atoms with Crippen LogP contribution in [0.4, 0.5) is 0 Å². The van der Waals surface area contributed by atoms with Crippen molar-refractivity contribution in [3.8, 4) is 11.8 Å². The molecule has 0 radical (unpaired) electrons. The zero-order chi connectivity index (χ0) is 24.5. The molecule has 9 heteroatoms. The number of carbonyl (C=O) groups excluding carboxylic acids is 2. The van der Waals surface area contributed by atoms with Crippen molar-refractivity contribution in [2.75, 3.05) is 39.8 Å². The third kappa shape index (κ3) is 12.9. The molecular formula is C24H33N3O6. The van der Waals surface area contributed by atoms with E-state index in [1.807, 2.05) is 25.2 Å². The number of hydrogen-bond donors (Lipinski definition) is 3. The number of aliphatic carboxylic acids is 2. The van der Waals surface area contributed by atoms with E-state index in [0.29, 0.717) is 25.1 Å². The first-order chi connectivity index (χ1) is 15.8. The summed E-state index contributed by atoms with van der Waals surface area (Å²) in [6.07, 6.45) is 5.73. The van der Waals surface area contributed by atoms with E-state index in [2.05, 4.69) is 22.1 Å². The van der Waals surface area contributed by atoms with Gasteiger partial charge >= 0.3 is 11.9 Å². The first kappa shape index (κ1) is 27.7. The van der Waals surface area contributed by atoms with Crippen LogP contribution >= 0.6 is 0 Å². The van der Waals surface area contributed by atoms with Gasteiger partial charge in [0.25, 0.3) is 5.91 Å². The van der Waals surface area contributed by atoms with Crippen LogP contribution in [0.1, 0.15) is 48.9 Å². The number of likely N-dealkylation sites (tertiary alicyclic amines) is 1. The second-order valence-corrected chi connectivity index (χ2v) is 7.63. The van der Waals surface area contributed by atoms with Crippen molar-refractivity contribution in [2.45, 2.75) is 38.5 Å². The van der Waals surface area contributed by atoms with Crippen LogP contribution in [0.2, 0.25) is 0 Å². The van der Waals surface area contributed by atoms with Crippen molar-refractivity contribution in [3.05, 3.63) is 35.9 Å². The monoisotopic (exact) mass is 459 g/mol. The maximum absolute atomic E-state index is 12.1. The molecule has 1 saturated heterocycles. The van der Waals surface area contributed by atoms with Gasteiger partial charge in [-0.3, -0.25) is 14.5 Å². The lowest BCUT2D eigenvalue weighted by atomic mass is 10.1. The van der Waals surface area contributed by atoms with Gasteiger partial charge in [0, 0.05) is 25.6 Å². The number of nitrogens with zero attached hydrogens (tertiary/aromatic N) is 2. The molecule has 0 spiro atoms. The molecule has 9 nitrogen and oxygen atoms in total. The standard InChI is InChI=1S/C22H31N3O2.C2H2O4/c1-24(16-8-9-17-25-18-10-11-19-25)21(26)14-6-3-7-15-23-22(27)20-12-4-2-5-13-20;3-1(4)2(5)6/h2,4-5,12-13H,3,6-7,10-11,14-19H2,1H3,(H,23,27);(H,3,4)(H,5,6). The van der Waals surface area contributed by atoms with E-state index in [0.717, 1.165) is 38.9 Å². The number of carboxylic acid groups (broad SMARTS) is 2. The number of unbranched alkanes of at least 4 members (excludes halogenated alkanes) is 2. The topological polar surface area (TPSA) is 127 Å². The highest BCUT2D eigenvalue weighted by molar-refractivity contribution is 6.27. The van der Waals surface area contributed by atoms with Gasteiger partial charge in [0.15, 0.2) is 0 Å². The van der Waals surface area contributed by atoms with Gasteiger partial charge in [0.05, 0.1) is 13.1 Å². The number of amides is 2. The highest BCUT2D eigenvalue weighted by Crippen LogP contribution is 2.05. The minimum atomic E-state index is -1.82. The summed E-state index contributed by atoms with van der Waals surface area (Å²) < 4.78 is 0. The average Bonchev–Trinajstić information content (AvgIpc) is 3.33. The fraction of sp³-hybridized carbons (Fsp3) is 0.500. The largest absolute Gasteiger partial charge is 0.473 e. The first-order valence-corrected chi connectivity index (χ1v) is 11.0. The number of carboxylic acids is 2. The molecule has 0 saturated carbocycles. The molecule has 1 heterocycles. The molecule has 0 aromatic heterocycles. The Balaban J connectivity index is 0.000000801. The molecule has 0 atom stereocenters. The molecule has 1 aromatic carbocycles. The highest BCUT2D eigenvalue weighted by Gasteiger charge is 2.10. The number of nitrogens with one attached hydrogen (secondary N) is 1. The Kier molecular flexibility index (Phi) is 13.6. The molecule has 0 aliphatic carbocycles. The minimum Gasteiger partial charge on any atom is -0.473 e. The summed E-state index contributed by atoms with van der Waals surface area (Å²) >= 11 is 0. The van der Waals surface area contributed by atoms with Crippen molar-refractivity contribution in [1.82, 2.24) is 15.1 Å². The fourth-order valence-electron chi connectivity index (χ4n) is 3.03. The maximum atomic E-state index is 12.1. The van der Waals surface area contributed by atoms with Gasteiger partial charge in [0.2, 0.25) is 5.91 Å². The Bertz CT molecular complexity index is 814. The maximum Gasteiger partial charge on any atom is 0.414 e. The highest BCUT2D eigenvalue weighted by atomic mass is 16.4. The molecule has 0 unspecified atom stereocenters. The molecule has 180 valence electrons. The summed E-state index contributed by atoms with van der Waals surface area (Å²) in [5.74, 6) is 2.71. The van der Waals surface area contributed by atoms with Crippen LogP contribution in [0, 0.1) is 11.8 Å². The lowest BCUT2D eigenvalue weighted by molar-refractivity contribution is -0.159. The average molecular weight is 460 g/mol. The Hall–Kier alpha value is -3.38. The Labute approximate surface area is 194 Å². The van der Waals surface area contributed by atoms with Gasteiger partial charge < -0.3 is 20.4 Å². The predicted molar refractivity (Wildman–Crippen MR) is 124 cm³/mol. The number of rotatable bonds is 9. The third-order valence-electron chi connectivity index (χ3n) is 4.94. The summed E-state index contributed by atoms with van der Waals surface area (Å²) in [6.45, 7) is 4.25. The summed E-state index contributed by atoms with van der Waals surface area (Å²) in [7, 11) is 1.81. The molecule has 1 aliphatic heterocycles. The van der Waals surface area contributed by atoms with Gasteiger partial charge in [-0.1, -0.05) is 36.5 Å². The van der Waals surface area contributed by atoms with Gasteiger partial charge in [-0.15, -0.1) is 0 Å². The van der Waals surface area contributed by atoms with Crippen LogP contribution in [-0.4, -0.2) is 83.5 Å². The molecule has 1 aliphatic rings. The van der Waals surface area contributed by atoms with E-state index in [9.17, 15) is 9.59 Å². The minimum absolute atomic E-state index is 0.0427. The van der Waals surface area contributed by atoms with E-state index in [1.165, 1.54) is 12.8 Å². The number of benzene rings is 1. The Morgan fingerprint density at radius 1 is 0.970 bits per heavy atom. The summed E-state index contributed by atoms with van der Waals surface area (Å²) in [6, 6.07) is 9.21. The lowest BCUT2D eigenvalue weighted by Gasteiger charge is -2.14. The van der Waals surface area contributed by atoms with Crippen LogP contribution in [0.15, 0.2) is 30.3 Å². The smallest absolute Gasteiger partial charge is 0.414 e. The van der Waals surface area contributed by atoms with E-state index >= 15 is 0 Å². The third-order valence-corrected chi connectivity index (χ3v) is 4.94. The molecule has 33 heavy (non-hydrogen) atoms. The predicted octanol–water partition coefficient (Wildman–Crippen LogP) is 1.69. The second kappa shape index (κ2) is 16.3. The number of hydrogen-bond acceptors (Lipinski definition) is 5. The van der Waals surface area contributed by atoms with Crippen molar-refractivity contribution >= 4 is 23.8 Å². The van der Waals surface area contributed by atoms with Gasteiger partial charge in [-0.2, -0.15) is 0 Å². The SMILES string of the molecule is CN(CC#CCN1CCCC1)C(=O)CCCCCNC(=O)c1ccccc1.O=C(O)C(=O)O. The van der Waals surface area contributed by atoms with Gasteiger partial charge in [-0.05, 0) is 50.9 Å². The molecule has 2 rings (SSSR count). The van der Waals surface area contributed by atoms with Crippen molar-refractivity contribution in [3.63, 3.8) is 0 Å². The van der Waals surface area contributed by atoms with Crippen LogP contribution in [0.5, 0.6) is 0 Å². The fourth-order valence-corrected chi connectivity index (χ4v) is 3.03. The van der Waals surface area contributed by atoms with Crippen LogP contribution in [-0.2, 0) is 14.4 Å². The van der Waals surface area contributed by atoms with Crippen molar-refractivity contribution in [2.24, 2.45) is 0 Å². The second-order valence-electron chi connectivity index (χ2n) is 7.63. The zero-order valence-electron chi connectivity index (χ0n) is 19.1.